The minimum atomic E-state index is -0.128. The van der Waals surface area contributed by atoms with E-state index in [2.05, 4.69) is 20.9 Å². The molecule has 1 saturated heterocycles. The summed E-state index contributed by atoms with van der Waals surface area (Å²) in [5, 5.41) is 9.98. The number of amides is 3. The molecule has 34 heavy (non-hydrogen) atoms. The molecule has 0 aromatic heterocycles. The lowest BCUT2D eigenvalue weighted by Crippen LogP contribution is -2.61. The molecule has 8 heteroatoms. The van der Waals surface area contributed by atoms with Crippen LogP contribution in [0.2, 0.25) is 5.02 Å². The molecule has 1 aromatic rings. The zero-order valence-electron chi connectivity index (χ0n) is 19.9. The summed E-state index contributed by atoms with van der Waals surface area (Å²) >= 11 is 6.47. The number of ether oxygens (including phenoxy) is 1. The number of hydrogen-bond donors (Lipinski definition) is 3. The van der Waals surface area contributed by atoms with E-state index in [4.69, 9.17) is 16.3 Å². The summed E-state index contributed by atoms with van der Waals surface area (Å²) < 4.78 is 5.50. The van der Waals surface area contributed by atoms with E-state index in [0.717, 1.165) is 55.7 Å². The lowest BCUT2D eigenvalue weighted by Gasteiger charge is -2.56. The molecule has 0 radical (unpaired) electrons. The van der Waals surface area contributed by atoms with Gasteiger partial charge in [0.2, 0.25) is 5.91 Å². The number of rotatable bonds is 8. The van der Waals surface area contributed by atoms with Crippen molar-refractivity contribution in [2.24, 2.45) is 17.8 Å². The standard InChI is InChI=1S/C26H37ClN4O3/c27-22-4-2-1-3-21(22)23(31-7-9-34-10-8-31)17-29-24(32)5-6-28-25(33)30-26-14-18-11-19(15-26)13-20(12-18)16-26/h1-4,18-20,23H,5-17H2,(H,29,32)(H2,28,30,33). The van der Waals surface area contributed by atoms with Gasteiger partial charge in [0.15, 0.2) is 0 Å². The minimum Gasteiger partial charge on any atom is -0.379 e. The molecule has 3 amide bonds. The summed E-state index contributed by atoms with van der Waals surface area (Å²) in [5.74, 6) is 2.29. The molecular formula is C26H37ClN4O3. The first-order chi connectivity index (χ1) is 16.5. The van der Waals surface area contributed by atoms with Crippen LogP contribution in [0.3, 0.4) is 0 Å². The molecule has 1 heterocycles. The highest BCUT2D eigenvalue weighted by molar-refractivity contribution is 6.31. The first-order valence-electron chi connectivity index (χ1n) is 12.9. The highest BCUT2D eigenvalue weighted by Gasteiger charge is 2.51. The Morgan fingerprint density at radius 3 is 2.32 bits per heavy atom. The van der Waals surface area contributed by atoms with Gasteiger partial charge in [-0.1, -0.05) is 29.8 Å². The number of carbonyl (C=O) groups excluding carboxylic acids is 2. The minimum absolute atomic E-state index is 0.00566. The molecule has 5 aliphatic rings. The molecular weight excluding hydrogens is 452 g/mol. The summed E-state index contributed by atoms with van der Waals surface area (Å²) in [6.45, 7) is 3.77. The third-order valence-electron chi connectivity index (χ3n) is 8.30. The maximum atomic E-state index is 12.6. The Morgan fingerprint density at radius 1 is 1.03 bits per heavy atom. The maximum Gasteiger partial charge on any atom is 0.315 e. The average Bonchev–Trinajstić information content (AvgIpc) is 2.80. The van der Waals surface area contributed by atoms with E-state index in [0.29, 0.717) is 31.3 Å². The van der Waals surface area contributed by atoms with E-state index >= 15 is 0 Å². The van der Waals surface area contributed by atoms with E-state index in [1.807, 2.05) is 24.3 Å². The molecule has 1 atom stereocenters. The van der Waals surface area contributed by atoms with Gasteiger partial charge in [-0.2, -0.15) is 0 Å². The molecule has 6 rings (SSSR count). The fraction of sp³-hybridized carbons (Fsp3) is 0.692. The van der Waals surface area contributed by atoms with Gasteiger partial charge in [0.25, 0.3) is 0 Å². The average molecular weight is 489 g/mol. The van der Waals surface area contributed by atoms with Crippen molar-refractivity contribution in [1.29, 1.82) is 0 Å². The molecule has 4 saturated carbocycles. The topological polar surface area (TPSA) is 82.7 Å². The van der Waals surface area contributed by atoms with Gasteiger partial charge in [0.1, 0.15) is 0 Å². The van der Waals surface area contributed by atoms with Crippen molar-refractivity contribution in [3.63, 3.8) is 0 Å². The van der Waals surface area contributed by atoms with E-state index in [1.54, 1.807) is 0 Å². The number of nitrogens with zero attached hydrogens (tertiary/aromatic N) is 1. The van der Waals surface area contributed by atoms with Crippen molar-refractivity contribution in [2.75, 3.05) is 39.4 Å². The zero-order chi connectivity index (χ0) is 23.5. The van der Waals surface area contributed by atoms with E-state index in [1.165, 1.54) is 19.3 Å². The van der Waals surface area contributed by atoms with E-state index < -0.39 is 0 Å². The Balaban J connectivity index is 1.08. The largest absolute Gasteiger partial charge is 0.379 e. The number of hydrogen-bond acceptors (Lipinski definition) is 4. The summed E-state index contributed by atoms with van der Waals surface area (Å²) in [6.07, 6.45) is 7.67. The van der Waals surface area contributed by atoms with Gasteiger partial charge in [-0.3, -0.25) is 9.69 Å². The van der Waals surface area contributed by atoms with Gasteiger partial charge in [-0.25, -0.2) is 4.79 Å². The van der Waals surface area contributed by atoms with Gasteiger partial charge in [0, 0.05) is 43.2 Å². The van der Waals surface area contributed by atoms with Crippen LogP contribution in [0, 0.1) is 17.8 Å². The Kier molecular flexibility index (Phi) is 7.32. The highest BCUT2D eigenvalue weighted by atomic mass is 35.5. The van der Waals surface area contributed by atoms with Crippen LogP contribution in [0.4, 0.5) is 4.79 Å². The fourth-order valence-corrected chi connectivity index (χ4v) is 7.47. The summed E-state index contributed by atoms with van der Waals surface area (Å²) in [5.41, 5.74) is 1.00. The second-order valence-electron chi connectivity index (χ2n) is 10.8. The lowest BCUT2D eigenvalue weighted by atomic mass is 9.53. The molecule has 1 unspecified atom stereocenters. The van der Waals surface area contributed by atoms with Gasteiger partial charge in [0.05, 0.1) is 19.3 Å². The normalized spacial score (nSPS) is 31.1. The Morgan fingerprint density at radius 2 is 1.68 bits per heavy atom. The SMILES string of the molecule is O=C(CCNC(=O)NC12CC3CC(CC(C3)C1)C2)NCC(c1ccccc1Cl)N1CCOCC1. The number of halogens is 1. The van der Waals surface area contributed by atoms with Gasteiger partial charge >= 0.3 is 6.03 Å². The Bertz CT molecular complexity index is 853. The third-order valence-corrected chi connectivity index (χ3v) is 8.64. The van der Waals surface area contributed by atoms with E-state index in [9.17, 15) is 9.59 Å². The van der Waals surface area contributed by atoms with Crippen LogP contribution in [0.25, 0.3) is 0 Å². The Labute approximate surface area is 207 Å². The second kappa shape index (κ2) is 10.4. The first kappa shape index (κ1) is 23.9. The van der Waals surface area contributed by atoms with Crippen molar-refractivity contribution >= 4 is 23.5 Å². The monoisotopic (exact) mass is 488 g/mol. The number of benzene rings is 1. The van der Waals surface area contributed by atoms with E-state index in [-0.39, 0.29) is 29.9 Å². The van der Waals surface area contributed by atoms with Gasteiger partial charge in [-0.05, 0) is 67.9 Å². The molecule has 7 nitrogen and oxygen atoms in total. The Hall–Kier alpha value is -1.83. The van der Waals surface area contributed by atoms with Crippen molar-refractivity contribution in [3.8, 4) is 0 Å². The molecule has 4 bridgehead atoms. The molecule has 4 aliphatic carbocycles. The summed E-state index contributed by atoms with van der Waals surface area (Å²) in [6, 6.07) is 7.67. The summed E-state index contributed by atoms with van der Waals surface area (Å²) in [4.78, 5) is 27.5. The second-order valence-corrected chi connectivity index (χ2v) is 11.2. The van der Waals surface area contributed by atoms with Crippen molar-refractivity contribution in [3.05, 3.63) is 34.9 Å². The predicted molar refractivity (Wildman–Crippen MR) is 132 cm³/mol. The number of carbonyl (C=O) groups is 2. The molecule has 1 aliphatic heterocycles. The lowest BCUT2D eigenvalue weighted by molar-refractivity contribution is -0.121. The van der Waals surface area contributed by atoms with Crippen molar-refractivity contribution < 1.29 is 14.3 Å². The van der Waals surface area contributed by atoms with Crippen LogP contribution in [0.5, 0.6) is 0 Å². The van der Waals surface area contributed by atoms with Crippen LogP contribution in [0.15, 0.2) is 24.3 Å². The number of urea groups is 1. The van der Waals surface area contributed by atoms with Crippen molar-refractivity contribution in [2.45, 2.75) is 56.5 Å². The number of nitrogens with one attached hydrogen (secondary N) is 3. The van der Waals surface area contributed by atoms with Crippen LogP contribution in [0.1, 0.15) is 56.6 Å². The smallest absolute Gasteiger partial charge is 0.315 e. The zero-order valence-corrected chi connectivity index (χ0v) is 20.6. The summed E-state index contributed by atoms with van der Waals surface area (Å²) in [7, 11) is 0. The van der Waals surface area contributed by atoms with Crippen LogP contribution in [-0.4, -0.2) is 61.8 Å². The predicted octanol–water partition coefficient (Wildman–Crippen LogP) is 3.49. The molecule has 5 fully saturated rings. The maximum absolute atomic E-state index is 12.6. The quantitative estimate of drug-likeness (QED) is 0.523. The molecule has 186 valence electrons. The fourth-order valence-electron chi connectivity index (χ4n) is 7.21. The number of morpholine rings is 1. The van der Waals surface area contributed by atoms with Crippen LogP contribution < -0.4 is 16.0 Å². The highest BCUT2D eigenvalue weighted by Crippen LogP contribution is 2.55. The van der Waals surface area contributed by atoms with Gasteiger partial charge < -0.3 is 20.7 Å². The van der Waals surface area contributed by atoms with Gasteiger partial charge in [-0.15, -0.1) is 0 Å². The van der Waals surface area contributed by atoms with Crippen molar-refractivity contribution in [1.82, 2.24) is 20.9 Å². The van der Waals surface area contributed by atoms with Crippen LogP contribution >= 0.6 is 11.6 Å². The molecule has 3 N–H and O–H groups in total. The first-order valence-corrected chi connectivity index (χ1v) is 13.3. The third kappa shape index (κ3) is 5.52. The van der Waals surface area contributed by atoms with Crippen LogP contribution in [-0.2, 0) is 9.53 Å². The molecule has 0 spiro atoms. The molecule has 1 aromatic carbocycles.